The summed E-state index contributed by atoms with van der Waals surface area (Å²) in [6.45, 7) is 2.24. The summed E-state index contributed by atoms with van der Waals surface area (Å²) in [7, 11) is 0. The second-order valence-corrected chi connectivity index (χ2v) is 5.33. The Morgan fingerprint density at radius 1 is 1.53 bits per heavy atom. The van der Waals surface area contributed by atoms with Crippen LogP contribution in [-0.4, -0.2) is 22.2 Å². The minimum absolute atomic E-state index is 0.00924. The molecule has 1 aliphatic rings. The number of nitrogens with zero attached hydrogens (tertiary/aromatic N) is 2. The van der Waals surface area contributed by atoms with Crippen molar-refractivity contribution in [3.05, 3.63) is 33.9 Å². The number of hydrogen-bond donors (Lipinski definition) is 0. The van der Waals surface area contributed by atoms with Crippen molar-refractivity contribution in [2.75, 3.05) is 11.4 Å². The van der Waals surface area contributed by atoms with Crippen LogP contribution < -0.4 is 4.90 Å². The maximum absolute atomic E-state index is 11.7. The van der Waals surface area contributed by atoms with Gasteiger partial charge in [-0.2, -0.15) is 0 Å². The van der Waals surface area contributed by atoms with E-state index in [0.29, 0.717) is 24.2 Å². The number of carbonyl (C=O) groups is 1. The Hall–Kier alpha value is -1.43. The Balaban J connectivity index is 2.37. The van der Waals surface area contributed by atoms with Crippen molar-refractivity contribution in [2.24, 2.45) is 0 Å². The van der Waals surface area contributed by atoms with E-state index >= 15 is 0 Å². The van der Waals surface area contributed by atoms with Crippen molar-refractivity contribution >= 4 is 33.2 Å². The predicted octanol–water partition coefficient (Wildman–Crippen LogP) is 2.40. The van der Waals surface area contributed by atoms with E-state index in [1.165, 1.54) is 6.07 Å². The molecule has 0 saturated carbocycles. The number of carbonyl (C=O) groups excluding carboxylic acids is 1. The van der Waals surface area contributed by atoms with Gasteiger partial charge in [-0.25, -0.2) is 0 Å². The van der Waals surface area contributed by atoms with Gasteiger partial charge < -0.3 is 4.90 Å². The van der Waals surface area contributed by atoms with Crippen molar-refractivity contribution in [1.29, 1.82) is 0 Å². The number of alkyl halides is 1. The lowest BCUT2D eigenvalue weighted by Gasteiger charge is -2.15. The van der Waals surface area contributed by atoms with Gasteiger partial charge in [0, 0.05) is 29.4 Å². The standard InChI is InChI=1S/C11H11BrN2O3/c1-7-2-3-9(5-10(7)14(16)17)13-6-8(12)4-11(13)15/h2-3,5,8H,4,6H2,1H3. The van der Waals surface area contributed by atoms with Crippen LogP contribution in [0, 0.1) is 17.0 Å². The van der Waals surface area contributed by atoms with E-state index in [1.807, 2.05) is 0 Å². The zero-order valence-corrected chi connectivity index (χ0v) is 10.8. The van der Waals surface area contributed by atoms with Gasteiger partial charge in [-0.3, -0.25) is 14.9 Å². The molecule has 1 fully saturated rings. The largest absolute Gasteiger partial charge is 0.311 e. The van der Waals surface area contributed by atoms with Crippen LogP contribution in [0.5, 0.6) is 0 Å². The third kappa shape index (κ3) is 2.31. The van der Waals surface area contributed by atoms with Crippen LogP contribution in [0.2, 0.25) is 0 Å². The van der Waals surface area contributed by atoms with Crippen LogP contribution in [0.25, 0.3) is 0 Å². The third-order valence-corrected chi connectivity index (χ3v) is 3.39. The van der Waals surface area contributed by atoms with Crippen molar-refractivity contribution < 1.29 is 9.72 Å². The van der Waals surface area contributed by atoms with Crippen LogP contribution in [0.1, 0.15) is 12.0 Å². The van der Waals surface area contributed by atoms with E-state index in [4.69, 9.17) is 0 Å². The lowest BCUT2D eigenvalue weighted by atomic mass is 10.2. The van der Waals surface area contributed by atoms with Crippen LogP contribution in [0.4, 0.5) is 11.4 Å². The number of aryl methyl sites for hydroxylation is 1. The first-order valence-electron chi connectivity index (χ1n) is 5.18. The van der Waals surface area contributed by atoms with Gasteiger partial charge in [-0.15, -0.1) is 0 Å². The SMILES string of the molecule is Cc1ccc(N2CC(Br)CC2=O)cc1[N+](=O)[O-]. The molecule has 0 aromatic heterocycles. The van der Waals surface area contributed by atoms with Crippen LogP contribution in [0.3, 0.4) is 0 Å². The highest BCUT2D eigenvalue weighted by atomic mass is 79.9. The number of nitro groups is 1. The first kappa shape index (κ1) is 12.0. The number of rotatable bonds is 2. The van der Waals surface area contributed by atoms with E-state index in [9.17, 15) is 14.9 Å². The average molecular weight is 299 g/mol. The van der Waals surface area contributed by atoms with Gasteiger partial charge >= 0.3 is 0 Å². The molecule has 90 valence electrons. The molecule has 0 spiro atoms. The lowest BCUT2D eigenvalue weighted by Crippen LogP contribution is -2.24. The molecular formula is C11H11BrN2O3. The zero-order valence-electron chi connectivity index (χ0n) is 9.22. The smallest absolute Gasteiger partial charge is 0.274 e. The Morgan fingerprint density at radius 2 is 2.24 bits per heavy atom. The predicted molar refractivity (Wildman–Crippen MR) is 67.5 cm³/mol. The molecule has 1 saturated heterocycles. The van der Waals surface area contributed by atoms with Gasteiger partial charge in [0.1, 0.15) is 0 Å². The molecule has 5 nitrogen and oxygen atoms in total. The molecule has 0 aliphatic carbocycles. The Kier molecular flexibility index (Phi) is 3.15. The van der Waals surface area contributed by atoms with E-state index < -0.39 is 4.92 Å². The summed E-state index contributed by atoms with van der Waals surface area (Å²) in [5, 5.41) is 10.8. The van der Waals surface area contributed by atoms with Crippen molar-refractivity contribution in [3.8, 4) is 0 Å². The number of hydrogen-bond acceptors (Lipinski definition) is 3. The molecule has 2 rings (SSSR count). The molecule has 6 heteroatoms. The summed E-state index contributed by atoms with van der Waals surface area (Å²) in [5.41, 5.74) is 1.24. The van der Waals surface area contributed by atoms with Gasteiger partial charge in [0.25, 0.3) is 5.69 Å². The van der Waals surface area contributed by atoms with Gasteiger partial charge in [-0.05, 0) is 13.0 Å². The van der Waals surface area contributed by atoms with Gasteiger partial charge in [-0.1, -0.05) is 22.0 Å². The lowest BCUT2D eigenvalue weighted by molar-refractivity contribution is -0.385. The molecular weight excluding hydrogens is 288 g/mol. The van der Waals surface area contributed by atoms with E-state index in [1.54, 1.807) is 24.0 Å². The molecule has 0 radical (unpaired) electrons. The van der Waals surface area contributed by atoms with Crippen LogP contribution in [-0.2, 0) is 4.79 Å². The van der Waals surface area contributed by atoms with Crippen LogP contribution >= 0.6 is 15.9 Å². The number of nitro benzene ring substituents is 1. The maximum atomic E-state index is 11.7. The molecule has 0 N–H and O–H groups in total. The molecule has 1 amide bonds. The minimum atomic E-state index is -0.426. The molecule has 1 unspecified atom stereocenters. The van der Waals surface area contributed by atoms with E-state index in [2.05, 4.69) is 15.9 Å². The average Bonchev–Trinajstić information content (AvgIpc) is 2.58. The molecule has 1 heterocycles. The normalized spacial score (nSPS) is 19.8. The highest BCUT2D eigenvalue weighted by molar-refractivity contribution is 9.09. The Bertz CT molecular complexity index is 490. The summed E-state index contributed by atoms with van der Waals surface area (Å²) in [5.74, 6) is -0.00924. The van der Waals surface area contributed by atoms with Gasteiger partial charge in [0.2, 0.25) is 5.91 Å². The summed E-state index contributed by atoms with van der Waals surface area (Å²) < 4.78 is 0. The quantitative estimate of drug-likeness (QED) is 0.478. The topological polar surface area (TPSA) is 63.5 Å². The fourth-order valence-electron chi connectivity index (χ4n) is 1.88. The molecule has 1 aromatic rings. The summed E-state index contributed by atoms with van der Waals surface area (Å²) >= 11 is 3.38. The van der Waals surface area contributed by atoms with Crippen molar-refractivity contribution in [1.82, 2.24) is 0 Å². The van der Waals surface area contributed by atoms with Gasteiger partial charge in [0.05, 0.1) is 10.6 Å². The van der Waals surface area contributed by atoms with Crippen LogP contribution in [0.15, 0.2) is 18.2 Å². The first-order valence-corrected chi connectivity index (χ1v) is 6.10. The van der Waals surface area contributed by atoms with Crippen molar-refractivity contribution in [2.45, 2.75) is 18.2 Å². The maximum Gasteiger partial charge on any atom is 0.274 e. The molecule has 1 aromatic carbocycles. The Labute approximate surface area is 107 Å². The highest BCUT2D eigenvalue weighted by Gasteiger charge is 2.29. The number of amides is 1. The zero-order chi connectivity index (χ0) is 12.6. The molecule has 1 atom stereocenters. The molecule has 1 aliphatic heterocycles. The third-order valence-electron chi connectivity index (χ3n) is 2.78. The number of benzene rings is 1. The summed E-state index contributed by atoms with van der Waals surface area (Å²) in [6.07, 6.45) is 0.432. The summed E-state index contributed by atoms with van der Waals surface area (Å²) in [6, 6.07) is 4.87. The molecule has 0 bridgehead atoms. The Morgan fingerprint density at radius 3 is 2.76 bits per heavy atom. The fraction of sp³-hybridized carbons (Fsp3) is 0.364. The monoisotopic (exact) mass is 298 g/mol. The second-order valence-electron chi connectivity index (χ2n) is 4.03. The van der Waals surface area contributed by atoms with E-state index in [0.717, 1.165) is 0 Å². The highest BCUT2D eigenvalue weighted by Crippen LogP contribution is 2.29. The van der Waals surface area contributed by atoms with Gasteiger partial charge in [0.15, 0.2) is 0 Å². The van der Waals surface area contributed by atoms with E-state index in [-0.39, 0.29) is 16.4 Å². The number of anilines is 1. The first-order chi connectivity index (χ1) is 7.99. The second kappa shape index (κ2) is 4.44. The minimum Gasteiger partial charge on any atom is -0.311 e. The summed E-state index contributed by atoms with van der Waals surface area (Å²) in [4.78, 5) is 23.8. The number of halogens is 1. The van der Waals surface area contributed by atoms with Crippen molar-refractivity contribution in [3.63, 3.8) is 0 Å². The molecule has 17 heavy (non-hydrogen) atoms. The fourth-order valence-corrected chi connectivity index (χ4v) is 2.44.